The maximum absolute atomic E-state index is 14.3. The first kappa shape index (κ1) is 22.7. The van der Waals surface area contributed by atoms with Gasteiger partial charge in [0.05, 0.1) is 22.9 Å². The Morgan fingerprint density at radius 1 is 1.24 bits per heavy atom. The van der Waals surface area contributed by atoms with Gasteiger partial charge in [0, 0.05) is 68.8 Å². The molecular formula is C25H34FN5OS. The quantitative estimate of drug-likeness (QED) is 0.631. The smallest absolute Gasteiger partial charge is 0.126 e. The number of benzene rings is 1. The minimum absolute atomic E-state index is 0.215. The number of nitrogens with zero attached hydrogens (tertiary/aromatic N) is 3. The van der Waals surface area contributed by atoms with Crippen LogP contribution in [0.25, 0.3) is 10.9 Å². The standard InChI is InChI=1S/C25H34FN5OS/c1-17(2)31-9-7-30(8-10-31)6-3-21-16-33-25(28-21)23-14-18-13-19(26)15-22(24(18)29-23)27-20-4-11-32-12-5-20/h13-15,20-21,27,29H,1,3-12,16H2,2H3. The van der Waals surface area contributed by atoms with E-state index in [0.29, 0.717) is 12.1 Å². The number of nitrogens with one attached hydrogen (secondary N) is 2. The summed E-state index contributed by atoms with van der Waals surface area (Å²) in [5, 5.41) is 5.46. The SMILES string of the molecule is C=C(C)N1CCN(CCC2CSC(c3cc4cc(F)cc(NC5CCOCC5)c4[nH]3)=N2)CC1. The summed E-state index contributed by atoms with van der Waals surface area (Å²) < 4.78 is 19.8. The number of hydrogen-bond donors (Lipinski definition) is 2. The lowest BCUT2D eigenvalue weighted by atomic mass is 10.1. The van der Waals surface area contributed by atoms with Crippen LogP contribution in [-0.2, 0) is 4.74 Å². The Morgan fingerprint density at radius 2 is 2.03 bits per heavy atom. The molecule has 8 heteroatoms. The molecule has 2 N–H and O–H groups in total. The van der Waals surface area contributed by atoms with Gasteiger partial charge in [-0.3, -0.25) is 9.89 Å². The highest BCUT2D eigenvalue weighted by atomic mass is 32.2. The topological polar surface area (TPSA) is 55.9 Å². The highest BCUT2D eigenvalue weighted by molar-refractivity contribution is 8.14. The molecule has 3 aliphatic heterocycles. The third-order valence-corrected chi connectivity index (χ3v) is 8.06. The Hall–Kier alpha value is -2.03. The van der Waals surface area contributed by atoms with E-state index >= 15 is 0 Å². The van der Waals surface area contributed by atoms with Crippen molar-refractivity contribution in [2.24, 2.45) is 4.99 Å². The van der Waals surface area contributed by atoms with Crippen molar-refractivity contribution in [3.63, 3.8) is 0 Å². The molecule has 33 heavy (non-hydrogen) atoms. The van der Waals surface area contributed by atoms with Crippen LogP contribution in [-0.4, -0.2) is 83.6 Å². The van der Waals surface area contributed by atoms with Crippen LogP contribution in [0.15, 0.2) is 35.5 Å². The predicted octanol–water partition coefficient (Wildman–Crippen LogP) is 4.30. The van der Waals surface area contributed by atoms with Crippen LogP contribution in [0.3, 0.4) is 0 Å². The molecule has 0 radical (unpaired) electrons. The summed E-state index contributed by atoms with van der Waals surface area (Å²) in [6.45, 7) is 13.1. The van der Waals surface area contributed by atoms with E-state index < -0.39 is 0 Å². The first-order chi connectivity index (χ1) is 16.0. The highest BCUT2D eigenvalue weighted by Gasteiger charge is 2.24. The summed E-state index contributed by atoms with van der Waals surface area (Å²) in [5.74, 6) is 0.797. The number of piperazine rings is 1. The number of rotatable bonds is 7. The molecule has 1 aromatic carbocycles. The second kappa shape index (κ2) is 10.1. The fourth-order valence-electron chi connectivity index (χ4n) is 4.89. The molecule has 0 spiro atoms. The van der Waals surface area contributed by atoms with Gasteiger partial charge in [0.1, 0.15) is 10.9 Å². The Kier molecular flexibility index (Phi) is 6.94. The number of fused-ring (bicyclic) bond motifs is 1. The number of hydrogen-bond acceptors (Lipinski definition) is 6. The lowest BCUT2D eigenvalue weighted by Crippen LogP contribution is -2.45. The van der Waals surface area contributed by atoms with E-state index in [2.05, 4.69) is 33.6 Å². The fraction of sp³-hybridized carbons (Fsp3) is 0.560. The van der Waals surface area contributed by atoms with Crippen LogP contribution in [0, 0.1) is 5.82 Å². The van der Waals surface area contributed by atoms with Gasteiger partial charge in [-0.25, -0.2) is 4.39 Å². The zero-order valence-electron chi connectivity index (χ0n) is 19.4. The monoisotopic (exact) mass is 471 g/mol. The van der Waals surface area contributed by atoms with Crippen molar-refractivity contribution in [2.75, 3.05) is 57.0 Å². The maximum atomic E-state index is 14.3. The van der Waals surface area contributed by atoms with Gasteiger partial charge in [0.2, 0.25) is 0 Å². The Labute approximate surface area is 199 Å². The minimum Gasteiger partial charge on any atom is -0.381 e. The molecule has 1 unspecified atom stereocenters. The summed E-state index contributed by atoms with van der Waals surface area (Å²) in [5.41, 5.74) is 3.95. The van der Waals surface area contributed by atoms with Crippen molar-refractivity contribution >= 4 is 33.4 Å². The molecular weight excluding hydrogens is 437 g/mol. The van der Waals surface area contributed by atoms with Crippen LogP contribution < -0.4 is 5.32 Å². The maximum Gasteiger partial charge on any atom is 0.126 e. The van der Waals surface area contributed by atoms with Gasteiger partial charge in [0.15, 0.2) is 0 Å². The van der Waals surface area contributed by atoms with Gasteiger partial charge in [-0.05, 0) is 44.4 Å². The van der Waals surface area contributed by atoms with Gasteiger partial charge in [-0.15, -0.1) is 11.8 Å². The Morgan fingerprint density at radius 3 is 2.79 bits per heavy atom. The van der Waals surface area contributed by atoms with Crippen molar-refractivity contribution < 1.29 is 9.13 Å². The second-order valence-electron chi connectivity index (χ2n) is 9.38. The number of thioether (sulfide) groups is 1. The number of anilines is 1. The van der Waals surface area contributed by atoms with E-state index in [1.54, 1.807) is 23.9 Å². The van der Waals surface area contributed by atoms with E-state index in [9.17, 15) is 4.39 Å². The van der Waals surface area contributed by atoms with Gasteiger partial charge in [0.25, 0.3) is 0 Å². The molecule has 0 bridgehead atoms. The zero-order chi connectivity index (χ0) is 22.8. The molecule has 0 aliphatic carbocycles. The second-order valence-corrected chi connectivity index (χ2v) is 10.4. The first-order valence-electron chi connectivity index (χ1n) is 12.1. The molecule has 2 fully saturated rings. The molecule has 2 saturated heterocycles. The predicted molar refractivity (Wildman–Crippen MR) is 136 cm³/mol. The number of ether oxygens (including phenoxy) is 1. The number of allylic oxidation sites excluding steroid dienone is 1. The van der Waals surface area contributed by atoms with E-state index in [4.69, 9.17) is 9.73 Å². The van der Waals surface area contributed by atoms with Gasteiger partial charge < -0.3 is 19.9 Å². The van der Waals surface area contributed by atoms with Gasteiger partial charge in [-0.2, -0.15) is 0 Å². The largest absolute Gasteiger partial charge is 0.381 e. The lowest BCUT2D eigenvalue weighted by molar-refractivity contribution is 0.0905. The summed E-state index contributed by atoms with van der Waals surface area (Å²) in [6, 6.07) is 5.89. The molecule has 3 aliphatic rings. The number of H-pyrrole nitrogens is 1. The van der Waals surface area contributed by atoms with Crippen LogP contribution in [0.1, 0.15) is 31.9 Å². The van der Waals surface area contributed by atoms with Crippen LogP contribution in [0.5, 0.6) is 0 Å². The molecule has 5 rings (SSSR count). The highest BCUT2D eigenvalue weighted by Crippen LogP contribution is 2.31. The third-order valence-electron chi connectivity index (χ3n) is 6.91. The van der Waals surface area contributed by atoms with E-state index in [0.717, 1.165) is 98.3 Å². The lowest BCUT2D eigenvalue weighted by Gasteiger charge is -2.36. The molecule has 2 aromatic rings. The minimum atomic E-state index is -0.215. The van der Waals surface area contributed by atoms with Crippen molar-refractivity contribution in [3.8, 4) is 0 Å². The fourth-order valence-corrected chi connectivity index (χ4v) is 5.97. The van der Waals surface area contributed by atoms with E-state index in [1.807, 2.05) is 6.07 Å². The molecule has 6 nitrogen and oxygen atoms in total. The third kappa shape index (κ3) is 5.39. The van der Waals surface area contributed by atoms with Crippen molar-refractivity contribution in [1.29, 1.82) is 0 Å². The van der Waals surface area contributed by atoms with Crippen molar-refractivity contribution in [1.82, 2.24) is 14.8 Å². The molecule has 1 aromatic heterocycles. The van der Waals surface area contributed by atoms with Gasteiger partial charge in [-0.1, -0.05) is 6.58 Å². The summed E-state index contributed by atoms with van der Waals surface area (Å²) >= 11 is 1.81. The molecule has 178 valence electrons. The molecule has 0 saturated carbocycles. The van der Waals surface area contributed by atoms with E-state index in [-0.39, 0.29) is 5.82 Å². The van der Waals surface area contributed by atoms with E-state index in [1.165, 1.54) is 5.70 Å². The molecule has 1 atom stereocenters. The number of aromatic amines is 1. The summed E-state index contributed by atoms with van der Waals surface area (Å²) in [7, 11) is 0. The normalized spacial score (nSPS) is 22.7. The first-order valence-corrected chi connectivity index (χ1v) is 13.0. The molecule has 4 heterocycles. The van der Waals surface area contributed by atoms with Crippen LogP contribution >= 0.6 is 11.8 Å². The number of aromatic nitrogens is 1. The Bertz CT molecular complexity index is 1020. The average Bonchev–Trinajstić information content (AvgIpc) is 3.46. The van der Waals surface area contributed by atoms with Crippen LogP contribution in [0.2, 0.25) is 0 Å². The summed E-state index contributed by atoms with van der Waals surface area (Å²) in [4.78, 5) is 13.4. The Balaban J connectivity index is 1.23. The number of halogens is 1. The van der Waals surface area contributed by atoms with Gasteiger partial charge >= 0.3 is 0 Å². The van der Waals surface area contributed by atoms with Crippen LogP contribution in [0.4, 0.5) is 10.1 Å². The van der Waals surface area contributed by atoms with Crippen molar-refractivity contribution in [3.05, 3.63) is 42.0 Å². The molecule has 0 amide bonds. The summed E-state index contributed by atoms with van der Waals surface area (Å²) in [6.07, 6.45) is 2.96. The van der Waals surface area contributed by atoms with Crippen molar-refractivity contribution in [2.45, 2.75) is 38.3 Å². The zero-order valence-corrected chi connectivity index (χ0v) is 20.2. The number of aliphatic imine (C=N–C) groups is 1. The average molecular weight is 472 g/mol.